The number of aromatic nitrogens is 2. The van der Waals surface area contributed by atoms with Crippen molar-refractivity contribution in [1.29, 1.82) is 5.26 Å². The standard InChI is InChI=1S/C28H30N4O6Si/c1-4-28(38-22(34)14-30)19-13-21-24-17(11-16-12-18(33)7-8-20(16)31-24)15-32(21)25(35)23(19)26(37-27(28)36)39(2,3)10-6-5-9-29/h7-8,11-13,26,33H,4-6,10,14-15,30H2,1-3H3. The molecular weight excluding hydrogens is 516 g/mol. The third kappa shape index (κ3) is 4.20. The molecule has 3 N–H and O–H groups in total. The maximum atomic E-state index is 14.3. The van der Waals surface area contributed by atoms with Crippen molar-refractivity contribution in [3.8, 4) is 23.2 Å². The number of nitrogens with two attached hydrogens (primary N) is 1. The molecule has 0 aliphatic carbocycles. The van der Waals surface area contributed by atoms with Gasteiger partial charge in [-0.15, -0.1) is 0 Å². The SMILES string of the molecule is CCC1(OC(=O)CN)C(=O)OC([Si](C)(C)CCCC#N)c2c1cc1n(c2=O)Cc2cc3cc(O)ccc3nc2-1. The molecule has 2 atom stereocenters. The molecule has 0 saturated heterocycles. The molecule has 39 heavy (non-hydrogen) atoms. The number of hydrogen-bond donors (Lipinski definition) is 2. The van der Waals surface area contributed by atoms with E-state index in [1.54, 1.807) is 35.8 Å². The number of unbranched alkanes of at least 4 members (excludes halogenated alkanes) is 1. The molecule has 0 bridgehead atoms. The van der Waals surface area contributed by atoms with Crippen molar-refractivity contribution in [3.63, 3.8) is 0 Å². The number of phenols is 1. The average Bonchev–Trinajstić information content (AvgIpc) is 3.26. The molecule has 2 aliphatic rings. The van der Waals surface area contributed by atoms with Crippen LogP contribution in [0.1, 0.15) is 48.6 Å². The Morgan fingerprint density at radius 3 is 2.79 bits per heavy atom. The van der Waals surface area contributed by atoms with Crippen LogP contribution in [0.4, 0.5) is 0 Å². The number of ether oxygens (including phenoxy) is 2. The Morgan fingerprint density at radius 2 is 2.10 bits per heavy atom. The van der Waals surface area contributed by atoms with Crippen LogP contribution in [0.3, 0.4) is 0 Å². The number of rotatable bonds is 7. The number of nitrogens with zero attached hydrogens (tertiary/aromatic N) is 3. The zero-order valence-corrected chi connectivity index (χ0v) is 23.1. The molecule has 0 fully saturated rings. The van der Waals surface area contributed by atoms with Gasteiger partial charge in [-0.05, 0) is 43.2 Å². The monoisotopic (exact) mass is 546 g/mol. The first-order valence-corrected chi connectivity index (χ1v) is 16.3. The van der Waals surface area contributed by atoms with Gasteiger partial charge in [0.25, 0.3) is 5.56 Å². The molecule has 2 unspecified atom stereocenters. The Bertz CT molecular complexity index is 1630. The first-order valence-electron chi connectivity index (χ1n) is 13.0. The fourth-order valence-electron chi connectivity index (χ4n) is 5.74. The van der Waals surface area contributed by atoms with E-state index in [9.17, 15) is 19.5 Å². The van der Waals surface area contributed by atoms with Crippen LogP contribution < -0.4 is 11.3 Å². The maximum absolute atomic E-state index is 14.3. The second-order valence-electron chi connectivity index (χ2n) is 10.8. The van der Waals surface area contributed by atoms with Gasteiger partial charge in [0.05, 0.1) is 41.6 Å². The smallest absolute Gasteiger partial charge is 0.355 e. The summed E-state index contributed by atoms with van der Waals surface area (Å²) >= 11 is 0. The zero-order valence-electron chi connectivity index (χ0n) is 22.1. The second-order valence-corrected chi connectivity index (χ2v) is 15.8. The van der Waals surface area contributed by atoms with E-state index < -0.39 is 37.9 Å². The summed E-state index contributed by atoms with van der Waals surface area (Å²) in [5.41, 5.74) is 5.77. The topological polar surface area (TPSA) is 158 Å². The van der Waals surface area contributed by atoms with Crippen molar-refractivity contribution in [3.05, 3.63) is 57.4 Å². The summed E-state index contributed by atoms with van der Waals surface area (Å²) in [7, 11) is -2.46. The number of nitriles is 1. The highest BCUT2D eigenvalue weighted by Crippen LogP contribution is 2.47. The van der Waals surface area contributed by atoms with Crippen molar-refractivity contribution in [2.45, 2.75) is 63.2 Å². The summed E-state index contributed by atoms with van der Waals surface area (Å²) in [6.07, 6.45) is 1.04. The van der Waals surface area contributed by atoms with E-state index in [-0.39, 0.29) is 24.3 Å². The summed E-state index contributed by atoms with van der Waals surface area (Å²) in [4.78, 5) is 45.2. The molecule has 11 heteroatoms. The minimum Gasteiger partial charge on any atom is -0.508 e. The van der Waals surface area contributed by atoms with E-state index in [1.807, 2.05) is 19.2 Å². The third-order valence-corrected chi connectivity index (χ3v) is 11.3. The number of phenolic OH excluding ortho intramolecular Hbond substituents is 1. The number of esters is 2. The lowest BCUT2D eigenvalue weighted by atomic mass is 9.85. The van der Waals surface area contributed by atoms with E-state index in [1.165, 1.54) is 0 Å². The molecule has 202 valence electrons. The van der Waals surface area contributed by atoms with Crippen molar-refractivity contribution in [1.82, 2.24) is 9.55 Å². The van der Waals surface area contributed by atoms with Crippen molar-refractivity contribution in [2.24, 2.45) is 5.73 Å². The summed E-state index contributed by atoms with van der Waals surface area (Å²) in [6.45, 7) is 5.58. The molecule has 4 heterocycles. The van der Waals surface area contributed by atoms with Crippen LogP contribution in [0, 0.1) is 11.3 Å². The lowest BCUT2D eigenvalue weighted by molar-refractivity contribution is -0.189. The Balaban J connectivity index is 1.76. The molecule has 0 amide bonds. The first-order chi connectivity index (χ1) is 18.6. The Kier molecular flexibility index (Phi) is 6.56. The van der Waals surface area contributed by atoms with Crippen LogP contribution in [0.2, 0.25) is 19.1 Å². The summed E-state index contributed by atoms with van der Waals surface area (Å²) in [5, 5.41) is 19.7. The van der Waals surface area contributed by atoms with Gasteiger partial charge in [-0.25, -0.2) is 9.78 Å². The van der Waals surface area contributed by atoms with Gasteiger partial charge in [0.1, 0.15) is 19.6 Å². The Morgan fingerprint density at radius 1 is 1.33 bits per heavy atom. The number of carbonyl (C=O) groups excluding carboxylic acids is 2. The van der Waals surface area contributed by atoms with Crippen LogP contribution in [0.25, 0.3) is 22.3 Å². The Hall–Kier alpha value is -4.01. The van der Waals surface area contributed by atoms with Crippen LogP contribution in [0.5, 0.6) is 5.75 Å². The maximum Gasteiger partial charge on any atom is 0.355 e. The second kappa shape index (κ2) is 9.62. The summed E-state index contributed by atoms with van der Waals surface area (Å²) in [6, 6.07) is 11.3. The van der Waals surface area contributed by atoms with Crippen LogP contribution >= 0.6 is 0 Å². The fraction of sp³-hybridized carbons (Fsp3) is 0.393. The van der Waals surface area contributed by atoms with Gasteiger partial charge in [-0.1, -0.05) is 26.1 Å². The van der Waals surface area contributed by atoms with E-state index in [0.29, 0.717) is 46.9 Å². The van der Waals surface area contributed by atoms with Crippen molar-refractivity contribution in [2.75, 3.05) is 6.54 Å². The number of benzene rings is 1. The van der Waals surface area contributed by atoms with Crippen molar-refractivity contribution < 1.29 is 24.2 Å². The third-order valence-electron chi connectivity index (χ3n) is 7.81. The molecule has 0 radical (unpaired) electrons. The Labute approximate surface area is 226 Å². The van der Waals surface area contributed by atoms with Crippen molar-refractivity contribution >= 4 is 30.9 Å². The highest BCUT2D eigenvalue weighted by molar-refractivity contribution is 6.78. The van der Waals surface area contributed by atoms with Gasteiger partial charge in [0.15, 0.2) is 0 Å². The van der Waals surface area contributed by atoms with E-state index in [4.69, 9.17) is 25.5 Å². The van der Waals surface area contributed by atoms with Gasteiger partial charge >= 0.3 is 11.9 Å². The minimum atomic E-state index is -2.46. The predicted octanol–water partition coefficient (Wildman–Crippen LogP) is 3.39. The predicted molar refractivity (Wildman–Crippen MR) is 145 cm³/mol. The molecule has 10 nitrogen and oxygen atoms in total. The number of aromatic hydroxyl groups is 1. The van der Waals surface area contributed by atoms with Crippen LogP contribution in [-0.2, 0) is 31.2 Å². The number of carbonyl (C=O) groups is 2. The summed E-state index contributed by atoms with van der Waals surface area (Å²) in [5.74, 6) is -1.40. The number of fused-ring (bicyclic) bond motifs is 5. The largest absolute Gasteiger partial charge is 0.508 e. The molecule has 5 rings (SSSR count). The molecule has 0 spiro atoms. The molecular formula is C28H30N4O6Si. The van der Waals surface area contributed by atoms with Crippen LogP contribution in [0.15, 0.2) is 35.1 Å². The molecule has 3 aromatic rings. The van der Waals surface area contributed by atoms with E-state index in [2.05, 4.69) is 6.07 Å². The van der Waals surface area contributed by atoms with Gasteiger partial charge < -0.3 is 24.9 Å². The highest BCUT2D eigenvalue weighted by Gasteiger charge is 2.56. The lowest BCUT2D eigenvalue weighted by Crippen LogP contribution is -2.54. The van der Waals surface area contributed by atoms with E-state index in [0.717, 1.165) is 10.9 Å². The van der Waals surface area contributed by atoms with Crippen LogP contribution in [-0.4, -0.2) is 41.2 Å². The zero-order chi connectivity index (χ0) is 28.1. The number of hydrogen-bond acceptors (Lipinski definition) is 9. The highest BCUT2D eigenvalue weighted by atomic mass is 28.3. The average molecular weight is 547 g/mol. The first kappa shape index (κ1) is 26.6. The lowest BCUT2D eigenvalue weighted by Gasteiger charge is -2.43. The molecule has 2 aromatic heterocycles. The van der Waals surface area contributed by atoms with E-state index >= 15 is 0 Å². The molecule has 1 aromatic carbocycles. The van der Waals surface area contributed by atoms with Gasteiger partial charge in [0, 0.05) is 22.9 Å². The summed E-state index contributed by atoms with van der Waals surface area (Å²) < 4.78 is 13.3. The van der Waals surface area contributed by atoms with Gasteiger partial charge in [-0.2, -0.15) is 5.26 Å². The quantitative estimate of drug-likeness (QED) is 0.201. The number of pyridine rings is 2. The fourth-order valence-corrected chi connectivity index (χ4v) is 8.58. The minimum absolute atomic E-state index is 0.0495. The normalized spacial score (nSPS) is 19.6. The van der Waals surface area contributed by atoms with Gasteiger partial charge in [0.2, 0.25) is 5.60 Å². The molecule has 0 saturated carbocycles. The molecule has 2 aliphatic heterocycles. The van der Waals surface area contributed by atoms with Gasteiger partial charge in [-0.3, -0.25) is 9.59 Å². The number of cyclic esters (lactones) is 1.